The molecular formula is C15H22BrNO2. The van der Waals surface area contributed by atoms with Crippen molar-refractivity contribution in [2.75, 3.05) is 13.2 Å². The van der Waals surface area contributed by atoms with Crippen molar-refractivity contribution in [3.63, 3.8) is 0 Å². The minimum atomic E-state index is -0.0799. The van der Waals surface area contributed by atoms with Crippen molar-refractivity contribution in [1.29, 1.82) is 0 Å². The topological polar surface area (TPSA) is 38.3 Å². The summed E-state index contributed by atoms with van der Waals surface area (Å²) >= 11 is 3.53. The Kier molecular flexibility index (Phi) is 8.50. The van der Waals surface area contributed by atoms with Crippen LogP contribution in [-0.4, -0.2) is 19.1 Å². The standard InChI is InChI=1S/C15H22BrNO2/c1-2-19-15(18)10-4-3-7-11-17-12-13-8-5-6-9-14(13)16/h5-6,8-9,17H,2-4,7,10-12H2,1H3. The van der Waals surface area contributed by atoms with Crippen molar-refractivity contribution in [3.8, 4) is 0 Å². The van der Waals surface area contributed by atoms with Gasteiger partial charge in [-0.3, -0.25) is 4.79 Å². The molecule has 0 radical (unpaired) electrons. The SMILES string of the molecule is CCOC(=O)CCCCCNCc1ccccc1Br. The van der Waals surface area contributed by atoms with Crippen LogP contribution < -0.4 is 5.32 Å². The molecule has 0 saturated heterocycles. The predicted molar refractivity (Wildman–Crippen MR) is 80.9 cm³/mol. The predicted octanol–water partition coefficient (Wildman–Crippen LogP) is 3.66. The van der Waals surface area contributed by atoms with Crippen LogP contribution in [-0.2, 0) is 16.1 Å². The fourth-order valence-electron chi connectivity index (χ4n) is 1.79. The second-order valence-corrected chi connectivity index (χ2v) is 5.24. The Morgan fingerprint density at radius 2 is 2.05 bits per heavy atom. The van der Waals surface area contributed by atoms with E-state index in [0.29, 0.717) is 13.0 Å². The Balaban J connectivity index is 2.00. The van der Waals surface area contributed by atoms with Gasteiger partial charge in [0.05, 0.1) is 6.61 Å². The lowest BCUT2D eigenvalue weighted by atomic mass is 10.2. The first kappa shape index (κ1) is 16.2. The van der Waals surface area contributed by atoms with E-state index in [1.165, 1.54) is 5.56 Å². The molecule has 0 atom stereocenters. The molecule has 0 spiro atoms. The molecule has 1 N–H and O–H groups in total. The van der Waals surface area contributed by atoms with E-state index in [1.807, 2.05) is 19.1 Å². The number of esters is 1. The largest absolute Gasteiger partial charge is 0.466 e. The molecule has 106 valence electrons. The molecule has 4 heteroatoms. The van der Waals surface area contributed by atoms with E-state index in [-0.39, 0.29) is 5.97 Å². The van der Waals surface area contributed by atoms with Crippen molar-refractivity contribution < 1.29 is 9.53 Å². The molecule has 19 heavy (non-hydrogen) atoms. The summed E-state index contributed by atoms with van der Waals surface area (Å²) in [5.74, 6) is -0.0799. The summed E-state index contributed by atoms with van der Waals surface area (Å²) in [7, 11) is 0. The number of benzene rings is 1. The van der Waals surface area contributed by atoms with Gasteiger partial charge in [-0.2, -0.15) is 0 Å². The van der Waals surface area contributed by atoms with Crippen molar-refractivity contribution in [2.24, 2.45) is 0 Å². The summed E-state index contributed by atoms with van der Waals surface area (Å²) in [6.45, 7) is 4.17. The number of halogens is 1. The molecule has 3 nitrogen and oxygen atoms in total. The minimum absolute atomic E-state index is 0.0799. The van der Waals surface area contributed by atoms with Crippen LogP contribution in [0.4, 0.5) is 0 Å². The fourth-order valence-corrected chi connectivity index (χ4v) is 2.22. The highest BCUT2D eigenvalue weighted by molar-refractivity contribution is 9.10. The van der Waals surface area contributed by atoms with Crippen molar-refractivity contribution >= 4 is 21.9 Å². The van der Waals surface area contributed by atoms with Crippen molar-refractivity contribution in [1.82, 2.24) is 5.32 Å². The van der Waals surface area contributed by atoms with Crippen LogP contribution in [0.15, 0.2) is 28.7 Å². The van der Waals surface area contributed by atoms with Gasteiger partial charge in [0.1, 0.15) is 0 Å². The maximum Gasteiger partial charge on any atom is 0.305 e. The van der Waals surface area contributed by atoms with E-state index in [0.717, 1.165) is 36.8 Å². The lowest BCUT2D eigenvalue weighted by Gasteiger charge is -2.06. The minimum Gasteiger partial charge on any atom is -0.466 e. The third kappa shape index (κ3) is 7.33. The Hall–Kier alpha value is -0.870. The van der Waals surface area contributed by atoms with E-state index in [1.54, 1.807) is 0 Å². The molecule has 1 rings (SSSR count). The Labute approximate surface area is 123 Å². The van der Waals surface area contributed by atoms with Gasteiger partial charge in [-0.25, -0.2) is 0 Å². The van der Waals surface area contributed by atoms with Gasteiger partial charge in [-0.15, -0.1) is 0 Å². The lowest BCUT2D eigenvalue weighted by molar-refractivity contribution is -0.143. The molecule has 0 amide bonds. The van der Waals surface area contributed by atoms with Gasteiger partial charge in [0.2, 0.25) is 0 Å². The summed E-state index contributed by atoms with van der Waals surface area (Å²) in [4.78, 5) is 11.1. The number of hydrogen-bond acceptors (Lipinski definition) is 3. The van der Waals surface area contributed by atoms with Crippen LogP contribution in [0, 0.1) is 0 Å². The van der Waals surface area contributed by atoms with Gasteiger partial charge in [0, 0.05) is 17.4 Å². The van der Waals surface area contributed by atoms with E-state index >= 15 is 0 Å². The number of unbranched alkanes of at least 4 members (excludes halogenated alkanes) is 2. The molecule has 1 aromatic carbocycles. The van der Waals surface area contributed by atoms with E-state index in [2.05, 4.69) is 33.4 Å². The molecular weight excluding hydrogens is 306 g/mol. The number of nitrogens with one attached hydrogen (secondary N) is 1. The molecule has 0 aromatic heterocycles. The first-order valence-electron chi connectivity index (χ1n) is 6.83. The highest BCUT2D eigenvalue weighted by Crippen LogP contribution is 2.15. The third-order valence-electron chi connectivity index (χ3n) is 2.81. The molecule has 0 aliphatic carbocycles. The summed E-state index contributed by atoms with van der Waals surface area (Å²) < 4.78 is 6.02. The maximum atomic E-state index is 11.1. The highest BCUT2D eigenvalue weighted by atomic mass is 79.9. The molecule has 0 heterocycles. The first-order chi connectivity index (χ1) is 9.24. The number of ether oxygens (including phenoxy) is 1. The normalized spacial score (nSPS) is 10.4. The van der Waals surface area contributed by atoms with Gasteiger partial charge < -0.3 is 10.1 Å². The molecule has 0 aliphatic rings. The van der Waals surface area contributed by atoms with Gasteiger partial charge in [-0.1, -0.05) is 40.5 Å². The molecule has 0 bridgehead atoms. The Bertz CT molecular complexity index is 382. The van der Waals surface area contributed by atoms with Crippen molar-refractivity contribution in [2.45, 2.75) is 39.2 Å². The van der Waals surface area contributed by atoms with Crippen LogP contribution in [0.5, 0.6) is 0 Å². The monoisotopic (exact) mass is 327 g/mol. The maximum absolute atomic E-state index is 11.1. The molecule has 0 aliphatic heterocycles. The molecule has 0 unspecified atom stereocenters. The quantitative estimate of drug-likeness (QED) is 0.555. The van der Waals surface area contributed by atoms with Crippen LogP contribution in [0.1, 0.15) is 38.2 Å². The summed E-state index contributed by atoms with van der Waals surface area (Å²) in [5.41, 5.74) is 1.27. The second kappa shape index (κ2) is 9.98. The Morgan fingerprint density at radius 1 is 1.26 bits per heavy atom. The van der Waals surface area contributed by atoms with Crippen LogP contribution >= 0.6 is 15.9 Å². The van der Waals surface area contributed by atoms with Gasteiger partial charge >= 0.3 is 5.97 Å². The summed E-state index contributed by atoms with van der Waals surface area (Å²) in [6.07, 6.45) is 3.60. The summed E-state index contributed by atoms with van der Waals surface area (Å²) in [6, 6.07) is 8.22. The zero-order valence-electron chi connectivity index (χ0n) is 11.5. The average Bonchev–Trinajstić information content (AvgIpc) is 2.40. The number of carbonyl (C=O) groups excluding carboxylic acids is 1. The van der Waals surface area contributed by atoms with Crippen LogP contribution in [0.2, 0.25) is 0 Å². The van der Waals surface area contributed by atoms with Crippen LogP contribution in [0.25, 0.3) is 0 Å². The number of rotatable bonds is 9. The average molecular weight is 328 g/mol. The molecule has 0 fully saturated rings. The fraction of sp³-hybridized carbons (Fsp3) is 0.533. The second-order valence-electron chi connectivity index (χ2n) is 4.38. The van der Waals surface area contributed by atoms with E-state index < -0.39 is 0 Å². The van der Waals surface area contributed by atoms with Gasteiger partial charge in [0.15, 0.2) is 0 Å². The van der Waals surface area contributed by atoms with Gasteiger partial charge in [-0.05, 0) is 37.9 Å². The zero-order valence-corrected chi connectivity index (χ0v) is 13.0. The highest BCUT2D eigenvalue weighted by Gasteiger charge is 2.01. The first-order valence-corrected chi connectivity index (χ1v) is 7.63. The lowest BCUT2D eigenvalue weighted by Crippen LogP contribution is -2.15. The summed E-state index contributed by atoms with van der Waals surface area (Å²) in [5, 5.41) is 3.41. The van der Waals surface area contributed by atoms with Crippen molar-refractivity contribution in [3.05, 3.63) is 34.3 Å². The third-order valence-corrected chi connectivity index (χ3v) is 3.59. The van der Waals surface area contributed by atoms with Gasteiger partial charge in [0.25, 0.3) is 0 Å². The molecule has 0 saturated carbocycles. The Morgan fingerprint density at radius 3 is 2.79 bits per heavy atom. The number of carbonyl (C=O) groups is 1. The smallest absolute Gasteiger partial charge is 0.305 e. The zero-order chi connectivity index (χ0) is 13.9. The van der Waals surface area contributed by atoms with E-state index in [4.69, 9.17) is 4.74 Å². The van der Waals surface area contributed by atoms with Crippen LogP contribution in [0.3, 0.4) is 0 Å². The number of hydrogen-bond donors (Lipinski definition) is 1. The molecule has 1 aromatic rings. The van der Waals surface area contributed by atoms with E-state index in [9.17, 15) is 4.79 Å².